The normalized spacial score (nSPS) is 18.6. The monoisotopic (exact) mass is 464 g/mol. The van der Waals surface area contributed by atoms with Crippen molar-refractivity contribution >= 4 is 18.0 Å². The largest absolute Gasteiger partial charge is 0.481 e. The number of alkyl carbamates (subject to hydrolysis) is 1. The average molecular weight is 465 g/mol. The van der Waals surface area contributed by atoms with Gasteiger partial charge in [0.2, 0.25) is 5.91 Å². The fourth-order valence-electron chi connectivity index (χ4n) is 4.82. The molecular weight excluding hydrogens is 432 g/mol. The van der Waals surface area contributed by atoms with Crippen LogP contribution in [0.3, 0.4) is 0 Å². The zero-order chi connectivity index (χ0) is 24.5. The number of amides is 2. The van der Waals surface area contributed by atoms with Crippen molar-refractivity contribution in [2.75, 3.05) is 19.7 Å². The van der Waals surface area contributed by atoms with Gasteiger partial charge in [-0.1, -0.05) is 48.5 Å². The van der Waals surface area contributed by atoms with Gasteiger partial charge in [-0.15, -0.1) is 0 Å². The zero-order valence-corrected chi connectivity index (χ0v) is 19.9. The maximum Gasteiger partial charge on any atom is 0.407 e. The Bertz CT molecular complexity index is 1040. The molecule has 34 heavy (non-hydrogen) atoms. The molecule has 0 saturated heterocycles. The summed E-state index contributed by atoms with van der Waals surface area (Å²) in [6.45, 7) is 6.50. The first-order valence-electron chi connectivity index (χ1n) is 11.8. The molecule has 2 aliphatic rings. The molecule has 1 fully saturated rings. The molecule has 0 unspecified atom stereocenters. The molecule has 0 aromatic heterocycles. The fourth-order valence-corrected chi connectivity index (χ4v) is 4.82. The van der Waals surface area contributed by atoms with Crippen LogP contribution in [0.4, 0.5) is 4.79 Å². The van der Waals surface area contributed by atoms with Crippen LogP contribution in [0.25, 0.3) is 11.1 Å². The number of carboxylic acid groups (broad SMARTS) is 1. The molecule has 7 nitrogen and oxygen atoms in total. The summed E-state index contributed by atoms with van der Waals surface area (Å²) in [6, 6.07) is 16.4. The fraction of sp³-hybridized carbons (Fsp3) is 0.444. The van der Waals surface area contributed by atoms with E-state index in [0.29, 0.717) is 13.0 Å². The molecule has 2 aromatic carbocycles. The van der Waals surface area contributed by atoms with E-state index >= 15 is 0 Å². The Hall–Kier alpha value is -3.35. The van der Waals surface area contributed by atoms with Crippen LogP contribution in [0.2, 0.25) is 0 Å². The number of aliphatic carboxylic acids is 1. The molecule has 0 bridgehead atoms. The number of nitrogens with zero attached hydrogens (tertiary/aromatic N) is 1. The number of carbonyl (C=O) groups excluding carboxylic acids is 2. The van der Waals surface area contributed by atoms with Gasteiger partial charge in [-0.05, 0) is 55.4 Å². The minimum Gasteiger partial charge on any atom is -0.481 e. The number of carboxylic acids is 1. The van der Waals surface area contributed by atoms with E-state index in [1.54, 1.807) is 4.90 Å². The van der Waals surface area contributed by atoms with Crippen molar-refractivity contribution in [2.24, 2.45) is 11.8 Å². The summed E-state index contributed by atoms with van der Waals surface area (Å²) in [5, 5.41) is 11.8. The van der Waals surface area contributed by atoms with Crippen molar-refractivity contribution in [3.05, 3.63) is 59.7 Å². The van der Waals surface area contributed by atoms with E-state index in [-0.39, 0.29) is 43.2 Å². The lowest BCUT2D eigenvalue weighted by molar-refractivity contribution is -0.141. The molecular formula is C27H32N2O5. The Balaban J connectivity index is 1.28. The highest BCUT2D eigenvalue weighted by molar-refractivity contribution is 5.83. The van der Waals surface area contributed by atoms with E-state index < -0.39 is 17.6 Å². The first kappa shape index (κ1) is 23.8. The predicted molar refractivity (Wildman–Crippen MR) is 128 cm³/mol. The summed E-state index contributed by atoms with van der Waals surface area (Å²) in [4.78, 5) is 38.0. The molecule has 2 N–H and O–H groups in total. The Morgan fingerprint density at radius 2 is 1.62 bits per heavy atom. The van der Waals surface area contributed by atoms with Gasteiger partial charge in [-0.3, -0.25) is 9.59 Å². The topological polar surface area (TPSA) is 95.9 Å². The second kappa shape index (κ2) is 9.49. The molecule has 0 radical (unpaired) electrons. The van der Waals surface area contributed by atoms with E-state index in [1.165, 1.54) is 11.1 Å². The van der Waals surface area contributed by atoms with Crippen molar-refractivity contribution < 1.29 is 24.2 Å². The SMILES string of the molecule is CC(C)(C)N(CCC(=O)O)C(=O)[C@H]1C[C@H]1CNC(=O)OCC1c2ccccc2-c2ccccc21. The van der Waals surface area contributed by atoms with Gasteiger partial charge in [0.15, 0.2) is 0 Å². The van der Waals surface area contributed by atoms with E-state index in [1.807, 2.05) is 45.0 Å². The van der Waals surface area contributed by atoms with Crippen LogP contribution in [-0.4, -0.2) is 53.2 Å². The first-order valence-corrected chi connectivity index (χ1v) is 11.8. The molecule has 4 rings (SSSR count). The van der Waals surface area contributed by atoms with Crippen LogP contribution in [0.5, 0.6) is 0 Å². The maximum absolute atomic E-state index is 12.9. The van der Waals surface area contributed by atoms with Gasteiger partial charge in [0.05, 0.1) is 6.42 Å². The molecule has 0 aliphatic heterocycles. The van der Waals surface area contributed by atoms with Gasteiger partial charge in [-0.25, -0.2) is 4.79 Å². The average Bonchev–Trinajstić information content (AvgIpc) is 3.50. The molecule has 7 heteroatoms. The number of rotatable bonds is 8. The first-order chi connectivity index (χ1) is 16.2. The molecule has 0 spiro atoms. The van der Waals surface area contributed by atoms with Crippen molar-refractivity contribution in [2.45, 2.75) is 45.1 Å². The van der Waals surface area contributed by atoms with Gasteiger partial charge < -0.3 is 20.1 Å². The van der Waals surface area contributed by atoms with Crippen molar-refractivity contribution in [3.8, 4) is 11.1 Å². The number of fused-ring (bicyclic) bond motifs is 3. The van der Waals surface area contributed by atoms with Crippen molar-refractivity contribution in [1.82, 2.24) is 10.2 Å². The van der Waals surface area contributed by atoms with E-state index in [4.69, 9.17) is 9.84 Å². The van der Waals surface area contributed by atoms with Gasteiger partial charge in [-0.2, -0.15) is 0 Å². The lowest BCUT2D eigenvalue weighted by Crippen LogP contribution is -2.47. The summed E-state index contributed by atoms with van der Waals surface area (Å²) in [5.74, 6) is -1.12. The van der Waals surface area contributed by atoms with Gasteiger partial charge in [0.1, 0.15) is 6.61 Å². The van der Waals surface area contributed by atoms with Crippen LogP contribution >= 0.6 is 0 Å². The maximum atomic E-state index is 12.9. The second-order valence-corrected chi connectivity index (χ2v) is 10.1. The van der Waals surface area contributed by atoms with Gasteiger partial charge in [0, 0.05) is 30.5 Å². The lowest BCUT2D eigenvalue weighted by Gasteiger charge is -2.35. The third-order valence-corrected chi connectivity index (χ3v) is 6.72. The van der Waals surface area contributed by atoms with Crippen LogP contribution in [0.15, 0.2) is 48.5 Å². The minimum atomic E-state index is -0.925. The molecule has 180 valence electrons. The predicted octanol–water partition coefficient (Wildman–Crippen LogP) is 4.26. The number of hydrogen-bond acceptors (Lipinski definition) is 4. The third kappa shape index (κ3) is 5.08. The standard InChI is InChI=1S/C27H32N2O5/c1-27(2,3)29(13-12-24(30)31)25(32)22-14-17(22)15-28-26(33)34-16-23-20-10-6-4-8-18(20)19-9-5-7-11-21(19)23/h4-11,17,22-23H,12-16H2,1-3H3,(H,28,33)(H,30,31)/t17-,22-/m0/s1. The van der Waals surface area contributed by atoms with E-state index in [9.17, 15) is 14.4 Å². The highest BCUT2D eigenvalue weighted by Crippen LogP contribution is 2.44. The second-order valence-electron chi connectivity index (χ2n) is 10.1. The van der Waals surface area contributed by atoms with Crippen LogP contribution < -0.4 is 5.32 Å². The summed E-state index contributed by atoms with van der Waals surface area (Å²) < 4.78 is 5.57. The van der Waals surface area contributed by atoms with Crippen LogP contribution in [0.1, 0.15) is 50.7 Å². The Labute approximate surface area is 200 Å². The number of nitrogens with one attached hydrogen (secondary N) is 1. The molecule has 0 heterocycles. The van der Waals surface area contributed by atoms with Gasteiger partial charge in [0.25, 0.3) is 0 Å². The number of carbonyl (C=O) groups is 3. The smallest absolute Gasteiger partial charge is 0.407 e. The molecule has 2 aliphatic carbocycles. The molecule has 2 aromatic rings. The Kier molecular flexibility index (Phi) is 6.64. The summed E-state index contributed by atoms with van der Waals surface area (Å²) >= 11 is 0. The lowest BCUT2D eigenvalue weighted by atomic mass is 9.98. The highest BCUT2D eigenvalue weighted by atomic mass is 16.5. The number of benzene rings is 2. The molecule has 1 saturated carbocycles. The Morgan fingerprint density at radius 3 is 2.18 bits per heavy atom. The highest BCUT2D eigenvalue weighted by Gasteiger charge is 2.46. The van der Waals surface area contributed by atoms with Crippen molar-refractivity contribution in [3.63, 3.8) is 0 Å². The molecule has 2 amide bonds. The minimum absolute atomic E-state index is 0.00276. The summed E-state index contributed by atoms with van der Waals surface area (Å²) in [5.41, 5.74) is 4.22. The Morgan fingerprint density at radius 1 is 1.03 bits per heavy atom. The summed E-state index contributed by atoms with van der Waals surface area (Å²) in [6.07, 6.45) is 0.110. The van der Waals surface area contributed by atoms with Crippen molar-refractivity contribution in [1.29, 1.82) is 0 Å². The van der Waals surface area contributed by atoms with Gasteiger partial charge >= 0.3 is 12.1 Å². The quantitative estimate of drug-likeness (QED) is 0.609. The zero-order valence-electron chi connectivity index (χ0n) is 19.9. The number of hydrogen-bond donors (Lipinski definition) is 2. The van der Waals surface area contributed by atoms with E-state index in [0.717, 1.165) is 11.1 Å². The number of ether oxygens (including phenoxy) is 1. The van der Waals surface area contributed by atoms with Crippen LogP contribution in [-0.2, 0) is 14.3 Å². The molecule has 2 atom stereocenters. The summed E-state index contributed by atoms with van der Waals surface area (Å²) in [7, 11) is 0. The van der Waals surface area contributed by atoms with E-state index in [2.05, 4.69) is 29.6 Å². The third-order valence-electron chi connectivity index (χ3n) is 6.72. The van der Waals surface area contributed by atoms with Crippen LogP contribution in [0, 0.1) is 11.8 Å².